The van der Waals surface area contributed by atoms with Crippen LogP contribution < -0.4 is 0 Å². The Bertz CT molecular complexity index is 34.0. The van der Waals surface area contributed by atoms with E-state index in [2.05, 4.69) is 0 Å². The molecule has 0 aliphatic rings. The largest absolute Gasteiger partial charge is 3.00 e. The normalized spacial score (nSPS) is 2.67. The van der Waals surface area contributed by atoms with Crippen LogP contribution in [0.1, 0.15) is 0 Å². The predicted octanol–water partition coefficient (Wildman–Crippen LogP) is -1.47. The summed E-state index contributed by atoms with van der Waals surface area (Å²) in [5.74, 6) is 0. The molecule has 0 aliphatic heterocycles. The van der Waals surface area contributed by atoms with Crippen molar-refractivity contribution in [1.82, 2.24) is 0 Å². The monoisotopic (exact) mass is 165 g/mol. The molecule has 0 radical (unpaired) electrons. The maximum Gasteiger partial charge on any atom is 3.00 e. The first-order valence-corrected chi connectivity index (χ1v) is 0.565. The first-order valence-electron chi connectivity index (χ1n) is 0.565. The number of hydrogen-bond donors (Lipinski definition) is 1. The Balaban J connectivity index is -0.00000000450. The average Bonchev–Trinajstić information content (AvgIpc) is 0.811. The van der Waals surface area contributed by atoms with Gasteiger partial charge in [0.2, 0.25) is 0 Å². The predicted molar refractivity (Wildman–Crippen MR) is 22.3 cm³/mol. The molecule has 0 aliphatic carbocycles. The fourth-order valence-corrected chi connectivity index (χ4v) is 0. The van der Waals surface area contributed by atoms with E-state index in [1.165, 1.54) is 0 Å². The molecule has 0 heterocycles. The first kappa shape index (κ1) is 61.3. The van der Waals surface area contributed by atoms with Crippen LogP contribution in [0.5, 0.6) is 0 Å². The van der Waals surface area contributed by atoms with Gasteiger partial charge in [-0.05, 0) is 0 Å². The smallest absolute Gasteiger partial charge is 2.00 e. The minimum atomic E-state index is -1.50. The maximum atomic E-state index is 8.36. The summed E-state index contributed by atoms with van der Waals surface area (Å²) in [7, 11) is 0. The second-order valence-corrected chi connectivity index (χ2v) is 0.238. The number of hydrogen-bond acceptors (Lipinski definition) is 2. The fraction of sp³-hybridized carbons (Fsp3) is 0. The third kappa shape index (κ3) is 14600. The van der Waals surface area contributed by atoms with Crippen LogP contribution in [0, 0.1) is 10.1 Å². The molecule has 0 aromatic heterocycles. The number of rotatable bonds is 0. The third-order valence-electron chi connectivity index (χ3n) is 0. The third-order valence-corrected chi connectivity index (χ3v) is 0. The van der Waals surface area contributed by atoms with Crippen LogP contribution in [0.4, 0.5) is 0 Å². The quantitative estimate of drug-likeness (QED) is 0.265. The molecule has 0 rings (SSSR count). The first-order chi connectivity index (χ1) is 1.73. The molecule has 0 aromatic rings. The second-order valence-electron chi connectivity index (χ2n) is 0.238. The Morgan fingerprint density at radius 1 is 1.11 bits per heavy atom. The Morgan fingerprint density at radius 3 is 1.11 bits per heavy atom. The van der Waals surface area contributed by atoms with E-state index >= 15 is 0 Å². The van der Waals surface area contributed by atoms with E-state index in [1.807, 2.05) is 0 Å². The zero-order chi connectivity index (χ0) is 3.58. The summed E-state index contributed by atoms with van der Waals surface area (Å²) < 4.78 is 0. The van der Waals surface area contributed by atoms with Crippen molar-refractivity contribution in [3.63, 3.8) is 0 Å². The van der Waals surface area contributed by atoms with Gasteiger partial charge in [0.25, 0.3) is 5.09 Å². The van der Waals surface area contributed by atoms with Crippen molar-refractivity contribution in [3.05, 3.63) is 10.1 Å². The van der Waals surface area contributed by atoms with Gasteiger partial charge in [0.05, 0.1) is 0 Å². The Hall–Kier alpha value is 0.145. The van der Waals surface area contributed by atoms with Crippen molar-refractivity contribution in [2.24, 2.45) is 0 Å². The zero-order valence-corrected chi connectivity index (χ0v) is 6.40. The molecular weight excluding hydrogens is 164 g/mol. The van der Waals surface area contributed by atoms with Gasteiger partial charge in [-0.15, -0.1) is 10.1 Å². The Labute approximate surface area is 72.0 Å². The molecule has 0 atom stereocenters. The SMILES string of the molecule is O=[N+]([O-])O.[Al+3].[Al+3].[O-2].[O-2].[O-2]. The molecule has 0 aromatic carbocycles. The van der Waals surface area contributed by atoms with Gasteiger partial charge in [-0.25, -0.2) is 0 Å². The van der Waals surface area contributed by atoms with Crippen LogP contribution in [0.25, 0.3) is 0 Å². The zero-order valence-electron chi connectivity index (χ0n) is 4.09. The summed E-state index contributed by atoms with van der Waals surface area (Å²) in [6, 6.07) is 0. The molecule has 9 heavy (non-hydrogen) atoms. The molecule has 0 unspecified atom stereocenters. The maximum absolute atomic E-state index is 8.36. The van der Waals surface area contributed by atoms with E-state index in [4.69, 9.17) is 15.3 Å². The minimum Gasteiger partial charge on any atom is -2.00 e. The summed E-state index contributed by atoms with van der Waals surface area (Å²) >= 11 is 0. The fourth-order valence-electron chi connectivity index (χ4n) is 0. The average molecular weight is 165 g/mol. The van der Waals surface area contributed by atoms with Crippen LogP contribution in [0.2, 0.25) is 0 Å². The molecule has 0 saturated heterocycles. The van der Waals surface area contributed by atoms with Crippen LogP contribution in [0.15, 0.2) is 0 Å². The molecule has 7 nitrogen and oxygen atoms in total. The van der Waals surface area contributed by atoms with Gasteiger partial charge in [-0.2, -0.15) is 0 Å². The van der Waals surface area contributed by atoms with Crippen molar-refractivity contribution < 1.29 is 26.7 Å². The van der Waals surface area contributed by atoms with Crippen molar-refractivity contribution in [2.75, 3.05) is 0 Å². The van der Waals surface area contributed by atoms with Crippen molar-refractivity contribution in [3.8, 4) is 0 Å². The van der Waals surface area contributed by atoms with E-state index in [1.54, 1.807) is 0 Å². The number of nitrogens with zero attached hydrogens (tertiary/aromatic N) is 1. The molecule has 0 saturated carbocycles. The van der Waals surface area contributed by atoms with Gasteiger partial charge in [-0.3, -0.25) is 0 Å². The molecule has 0 spiro atoms. The van der Waals surface area contributed by atoms with E-state index in [0.717, 1.165) is 0 Å². The van der Waals surface area contributed by atoms with E-state index in [9.17, 15) is 0 Å². The van der Waals surface area contributed by atoms with Crippen LogP contribution in [-0.4, -0.2) is 45.0 Å². The molecular formula is HAl2NO6. The summed E-state index contributed by atoms with van der Waals surface area (Å²) in [5.41, 5.74) is 0. The van der Waals surface area contributed by atoms with Crippen molar-refractivity contribution >= 4 is 34.7 Å². The van der Waals surface area contributed by atoms with Gasteiger partial charge in [0, 0.05) is 0 Å². The summed E-state index contributed by atoms with van der Waals surface area (Å²) in [6.07, 6.45) is 0. The van der Waals surface area contributed by atoms with Crippen LogP contribution in [-0.2, 0) is 16.4 Å². The standard InChI is InChI=1S/2Al.HNO3.3O/c;;2-1(3)4;;;/h;;(H,2,3,4);;;/q2*+3;;3*-2. The molecule has 1 N–H and O–H groups in total. The Kier molecular flexibility index (Phi) is 287. The summed E-state index contributed by atoms with van der Waals surface area (Å²) in [5, 5.41) is 13.6. The van der Waals surface area contributed by atoms with E-state index in [0.29, 0.717) is 0 Å². The molecule has 0 fully saturated rings. The summed E-state index contributed by atoms with van der Waals surface area (Å²) in [6.45, 7) is 0. The topological polar surface area (TPSA) is 149 Å². The van der Waals surface area contributed by atoms with Crippen LogP contribution in [0.3, 0.4) is 0 Å². The van der Waals surface area contributed by atoms with Gasteiger partial charge >= 0.3 is 34.7 Å². The van der Waals surface area contributed by atoms with Crippen LogP contribution >= 0.6 is 0 Å². The second kappa shape index (κ2) is 42.0. The minimum absolute atomic E-state index is 0. The van der Waals surface area contributed by atoms with Gasteiger partial charge in [0.1, 0.15) is 0 Å². The molecule has 9 heteroatoms. The molecule has 0 amide bonds. The van der Waals surface area contributed by atoms with Crippen molar-refractivity contribution in [1.29, 1.82) is 0 Å². The van der Waals surface area contributed by atoms with E-state index in [-0.39, 0.29) is 51.2 Å². The summed E-state index contributed by atoms with van der Waals surface area (Å²) in [4.78, 5) is 8.36. The van der Waals surface area contributed by atoms with Gasteiger partial charge < -0.3 is 21.6 Å². The molecule has 0 bridgehead atoms. The van der Waals surface area contributed by atoms with Crippen molar-refractivity contribution in [2.45, 2.75) is 0 Å². The molecule has 48 valence electrons. The van der Waals surface area contributed by atoms with Gasteiger partial charge in [0.15, 0.2) is 0 Å². The Morgan fingerprint density at radius 2 is 1.11 bits per heavy atom. The van der Waals surface area contributed by atoms with E-state index < -0.39 is 5.09 Å². The van der Waals surface area contributed by atoms with Gasteiger partial charge in [-0.1, -0.05) is 0 Å².